The van der Waals surface area contributed by atoms with Gasteiger partial charge in [-0.15, -0.1) is 0 Å². The number of carbonyl (C=O) groups excluding carboxylic acids is 2. The van der Waals surface area contributed by atoms with Crippen molar-refractivity contribution in [1.29, 1.82) is 0 Å². The molecule has 148 valence electrons. The third kappa shape index (κ3) is 7.23. The van der Waals surface area contributed by atoms with Gasteiger partial charge in [0, 0.05) is 6.54 Å². The number of rotatable bonds is 10. The lowest BCUT2D eigenvalue weighted by Crippen LogP contribution is -2.52. The topological polar surface area (TPSA) is 87.5 Å². The highest BCUT2D eigenvalue weighted by Gasteiger charge is 2.26. The molecule has 0 unspecified atom stereocenters. The van der Waals surface area contributed by atoms with Gasteiger partial charge in [0.05, 0.1) is 23.6 Å². The molecule has 1 saturated carbocycles. The molecule has 1 aliphatic rings. The van der Waals surface area contributed by atoms with Crippen LogP contribution in [0.5, 0.6) is 0 Å². The van der Waals surface area contributed by atoms with E-state index in [9.17, 15) is 9.59 Å². The number of hydrogen-bond donors (Lipinski definition) is 3. The lowest BCUT2D eigenvalue weighted by molar-refractivity contribution is -0.127. The van der Waals surface area contributed by atoms with Crippen molar-refractivity contribution in [3.63, 3.8) is 0 Å². The van der Waals surface area contributed by atoms with Crippen LogP contribution in [0.3, 0.4) is 0 Å². The van der Waals surface area contributed by atoms with Crippen LogP contribution in [0, 0.1) is 5.92 Å². The van der Waals surface area contributed by atoms with Crippen molar-refractivity contribution in [2.75, 3.05) is 19.5 Å². The molecule has 0 aliphatic heterocycles. The van der Waals surface area contributed by atoms with Crippen molar-refractivity contribution in [3.8, 4) is 0 Å². The minimum Gasteiger partial charge on any atom is -0.373 e. The Bertz CT molecular complexity index is 472. The second-order valence-corrected chi connectivity index (χ2v) is 7.51. The highest BCUT2D eigenvalue weighted by molar-refractivity contribution is 7.80. The number of amides is 2. The molecule has 6 nitrogen and oxygen atoms in total. The smallest absolute Gasteiger partial charge is 0.239 e. The first-order valence-corrected chi connectivity index (χ1v) is 10.5. The molecule has 0 aromatic carbocycles. The van der Waals surface area contributed by atoms with Crippen LogP contribution in [0.4, 0.5) is 0 Å². The van der Waals surface area contributed by atoms with Gasteiger partial charge in [-0.05, 0) is 38.0 Å². The lowest BCUT2D eigenvalue weighted by Gasteiger charge is -2.29. The highest BCUT2D eigenvalue weighted by Crippen LogP contribution is 2.25. The van der Waals surface area contributed by atoms with Crippen molar-refractivity contribution in [1.82, 2.24) is 15.5 Å². The van der Waals surface area contributed by atoms with E-state index in [1.807, 2.05) is 6.92 Å². The number of nitrogens with two attached hydrogens (primary N) is 1. The molecule has 0 radical (unpaired) electrons. The van der Waals surface area contributed by atoms with Crippen molar-refractivity contribution < 1.29 is 9.59 Å². The largest absolute Gasteiger partial charge is 0.373 e. The van der Waals surface area contributed by atoms with Gasteiger partial charge in [0.2, 0.25) is 11.8 Å². The molecule has 0 aromatic rings. The molecule has 0 heterocycles. The zero-order valence-electron chi connectivity index (χ0n) is 16.6. The standard InChI is InChI=1S/C18H35BN4O2S/c1-3-10-23(12-19)18(26)14(4-2)22-15(24)11-21-17(25)16(20)13-8-6-5-7-9-13/h13-14,16H,3-12,19-20H2,1-2H3,(H,21,25)(H,22,24)/t14-,16-/m0/s1. The fraction of sp³-hybridized carbons (Fsp3) is 0.833. The Morgan fingerprint density at radius 2 is 1.92 bits per heavy atom. The molecule has 2 amide bonds. The third-order valence-electron chi connectivity index (χ3n) is 5.11. The van der Waals surface area contributed by atoms with Crippen LogP contribution in [-0.2, 0) is 9.59 Å². The van der Waals surface area contributed by atoms with Crippen LogP contribution in [0.15, 0.2) is 0 Å². The summed E-state index contributed by atoms with van der Waals surface area (Å²) in [6.45, 7) is 4.93. The van der Waals surface area contributed by atoms with E-state index in [4.69, 9.17) is 18.0 Å². The third-order valence-corrected chi connectivity index (χ3v) is 5.65. The number of hydrogen-bond acceptors (Lipinski definition) is 4. The maximum atomic E-state index is 12.2. The molecular formula is C18H35BN4O2S. The molecule has 8 heteroatoms. The summed E-state index contributed by atoms with van der Waals surface area (Å²) in [5.74, 6) is -0.227. The summed E-state index contributed by atoms with van der Waals surface area (Å²) >= 11 is 5.55. The monoisotopic (exact) mass is 382 g/mol. The van der Waals surface area contributed by atoms with E-state index in [2.05, 4.69) is 30.3 Å². The normalized spacial score (nSPS) is 17.2. The SMILES string of the molecule is BCN(CCC)C(=S)[C@H](CC)NC(=O)CNC(=O)[C@@H](N)C1CCCCC1. The maximum Gasteiger partial charge on any atom is 0.239 e. The van der Waals surface area contributed by atoms with Crippen LogP contribution in [0.1, 0.15) is 58.8 Å². The van der Waals surface area contributed by atoms with Crippen molar-refractivity contribution in [2.24, 2.45) is 11.7 Å². The van der Waals surface area contributed by atoms with E-state index in [1.165, 1.54) is 6.42 Å². The summed E-state index contributed by atoms with van der Waals surface area (Å²) in [7, 11) is 2.06. The zero-order valence-corrected chi connectivity index (χ0v) is 17.4. The Balaban J connectivity index is 2.45. The summed E-state index contributed by atoms with van der Waals surface area (Å²) in [4.78, 5) is 27.3. The van der Waals surface area contributed by atoms with Gasteiger partial charge in [0.25, 0.3) is 0 Å². The number of nitrogens with zero attached hydrogens (tertiary/aromatic N) is 1. The second kappa shape index (κ2) is 12.3. The summed E-state index contributed by atoms with van der Waals surface area (Å²) in [6, 6.07) is -0.709. The fourth-order valence-electron chi connectivity index (χ4n) is 3.49. The Hall–Kier alpha value is -1.15. The highest BCUT2D eigenvalue weighted by atomic mass is 32.1. The first-order valence-electron chi connectivity index (χ1n) is 10.1. The molecule has 1 fully saturated rings. The average Bonchev–Trinajstić information content (AvgIpc) is 2.67. The Kier molecular flexibility index (Phi) is 10.8. The van der Waals surface area contributed by atoms with Crippen LogP contribution >= 0.6 is 12.2 Å². The quantitative estimate of drug-likeness (QED) is 0.379. The molecule has 2 atom stereocenters. The van der Waals surface area contributed by atoms with Crippen molar-refractivity contribution in [3.05, 3.63) is 0 Å². The summed E-state index contributed by atoms with van der Waals surface area (Å²) in [5, 5.41) is 5.62. The van der Waals surface area contributed by atoms with Crippen LogP contribution in [-0.4, -0.2) is 61.2 Å². The number of nitrogens with one attached hydrogen (secondary N) is 2. The Morgan fingerprint density at radius 3 is 2.46 bits per heavy atom. The first-order chi connectivity index (χ1) is 12.4. The van der Waals surface area contributed by atoms with Gasteiger partial charge in [-0.25, -0.2) is 0 Å². The zero-order chi connectivity index (χ0) is 19.5. The molecule has 0 spiro atoms. The van der Waals surface area contributed by atoms with Gasteiger partial charge in [0.15, 0.2) is 0 Å². The molecule has 1 aliphatic carbocycles. The van der Waals surface area contributed by atoms with E-state index in [0.29, 0.717) is 0 Å². The summed E-state index contributed by atoms with van der Waals surface area (Å²) in [6.07, 6.45) is 8.04. The van der Waals surface area contributed by atoms with E-state index in [1.54, 1.807) is 0 Å². The molecule has 4 N–H and O–H groups in total. The van der Waals surface area contributed by atoms with Crippen molar-refractivity contribution in [2.45, 2.75) is 70.9 Å². The van der Waals surface area contributed by atoms with E-state index in [-0.39, 0.29) is 30.3 Å². The summed E-state index contributed by atoms with van der Waals surface area (Å²) in [5.41, 5.74) is 6.07. The Labute approximate surface area is 164 Å². The molecule has 26 heavy (non-hydrogen) atoms. The minimum absolute atomic E-state index is 0.0573. The maximum absolute atomic E-state index is 12.2. The van der Waals surface area contributed by atoms with Gasteiger partial charge in [-0.3, -0.25) is 9.59 Å². The second-order valence-electron chi connectivity index (χ2n) is 7.09. The van der Waals surface area contributed by atoms with E-state index >= 15 is 0 Å². The van der Waals surface area contributed by atoms with E-state index < -0.39 is 6.04 Å². The van der Waals surface area contributed by atoms with Crippen LogP contribution in [0.2, 0.25) is 0 Å². The van der Waals surface area contributed by atoms with Gasteiger partial charge in [0.1, 0.15) is 7.85 Å². The Morgan fingerprint density at radius 1 is 1.27 bits per heavy atom. The van der Waals surface area contributed by atoms with Gasteiger partial charge >= 0.3 is 0 Å². The first kappa shape index (κ1) is 22.9. The van der Waals surface area contributed by atoms with Gasteiger partial charge < -0.3 is 21.3 Å². The molecule has 0 bridgehead atoms. The lowest BCUT2D eigenvalue weighted by atomic mass is 9.84. The average molecular weight is 382 g/mol. The predicted molar refractivity (Wildman–Crippen MR) is 113 cm³/mol. The summed E-state index contributed by atoms with van der Waals surface area (Å²) < 4.78 is 0. The molecular weight excluding hydrogens is 347 g/mol. The molecule has 0 aromatic heterocycles. The van der Waals surface area contributed by atoms with Crippen LogP contribution in [0.25, 0.3) is 0 Å². The van der Waals surface area contributed by atoms with Gasteiger partial charge in [-0.2, -0.15) is 0 Å². The number of carbonyl (C=O) groups is 2. The fourth-order valence-corrected chi connectivity index (χ4v) is 3.94. The van der Waals surface area contributed by atoms with Crippen molar-refractivity contribution >= 4 is 36.9 Å². The van der Waals surface area contributed by atoms with E-state index in [0.717, 1.165) is 56.5 Å². The number of thiocarbonyl (C=S) groups is 1. The van der Waals surface area contributed by atoms with Gasteiger partial charge in [-0.1, -0.05) is 45.3 Å². The minimum atomic E-state index is -0.522. The van der Waals surface area contributed by atoms with Crippen LogP contribution < -0.4 is 16.4 Å². The molecule has 1 rings (SSSR count). The predicted octanol–water partition coefficient (Wildman–Crippen LogP) is 0.535. The molecule has 0 saturated heterocycles.